The minimum atomic E-state index is -0.620. The molecule has 2 aromatic carbocycles. The van der Waals surface area contributed by atoms with E-state index in [1.54, 1.807) is 11.8 Å². The Labute approximate surface area is 162 Å². The van der Waals surface area contributed by atoms with Gasteiger partial charge in [-0.3, -0.25) is 5.73 Å². The van der Waals surface area contributed by atoms with Crippen LogP contribution >= 0.6 is 11.8 Å². The number of benzene rings is 2. The van der Waals surface area contributed by atoms with Gasteiger partial charge in [-0.1, -0.05) is 55.4 Å². The molecule has 0 bridgehead atoms. The van der Waals surface area contributed by atoms with Crippen LogP contribution in [0.3, 0.4) is 0 Å². The topological polar surface area (TPSA) is 41.3 Å². The zero-order valence-corrected chi connectivity index (χ0v) is 17.5. The molecule has 0 aliphatic carbocycles. The average Bonchev–Trinajstić information content (AvgIpc) is 2.94. The molecule has 0 spiro atoms. The monoisotopic (exact) mass is 369 g/mol. The Bertz CT molecular complexity index is 796. The molecule has 1 aliphatic heterocycles. The summed E-state index contributed by atoms with van der Waals surface area (Å²) in [5, 5.41) is 3.65. The largest absolute Gasteiger partial charge is 0.371 e. The van der Waals surface area contributed by atoms with Crippen LogP contribution in [0.25, 0.3) is 0 Å². The number of hydrogen-bond acceptors (Lipinski definition) is 4. The van der Waals surface area contributed by atoms with Gasteiger partial charge in [0.15, 0.2) is 4.99 Å². The van der Waals surface area contributed by atoms with Crippen LogP contribution in [0.4, 0.5) is 11.4 Å². The van der Waals surface area contributed by atoms with Crippen molar-refractivity contribution in [3.8, 4) is 0 Å². The molecule has 1 aliphatic rings. The summed E-state index contributed by atoms with van der Waals surface area (Å²) in [4.78, 5) is 3.17. The lowest BCUT2D eigenvalue weighted by Crippen LogP contribution is -2.39. The van der Waals surface area contributed by atoms with Gasteiger partial charge in [0.25, 0.3) is 0 Å². The maximum absolute atomic E-state index is 6.90. The minimum absolute atomic E-state index is 0.620. The molecule has 3 nitrogen and oxygen atoms in total. The minimum Gasteiger partial charge on any atom is -0.371 e. The zero-order chi connectivity index (χ0) is 18.9. The van der Waals surface area contributed by atoms with Crippen LogP contribution in [0, 0.1) is 20.8 Å². The van der Waals surface area contributed by atoms with Gasteiger partial charge in [-0.05, 0) is 50.8 Å². The first-order chi connectivity index (χ1) is 12.4. The van der Waals surface area contributed by atoms with Crippen LogP contribution in [0.15, 0.2) is 35.2 Å². The predicted molar refractivity (Wildman–Crippen MR) is 115 cm³/mol. The molecule has 1 atom stereocenters. The zero-order valence-electron chi connectivity index (χ0n) is 16.6. The summed E-state index contributed by atoms with van der Waals surface area (Å²) < 4.78 is 0. The van der Waals surface area contributed by atoms with Crippen molar-refractivity contribution >= 4 is 23.1 Å². The van der Waals surface area contributed by atoms with Gasteiger partial charge < -0.3 is 10.2 Å². The molecule has 0 aromatic heterocycles. The number of thioether (sulfide) groups is 1. The molecule has 26 heavy (non-hydrogen) atoms. The molecule has 0 saturated carbocycles. The normalized spacial score (nSPS) is 18.5. The standard InChI is InChI=1S/C22H31N3S/c1-6-12-25(13-7-2)19-11-9-16(4)20-21(19)26-22(23,24-20)18-10-8-15(3)14-17(18)5/h8-11,14,24H,6-7,12-13,23H2,1-5H3. The summed E-state index contributed by atoms with van der Waals surface area (Å²) in [6, 6.07) is 11.0. The highest BCUT2D eigenvalue weighted by Crippen LogP contribution is 2.53. The molecular weight excluding hydrogens is 338 g/mol. The Morgan fingerprint density at radius 1 is 1.00 bits per heavy atom. The maximum Gasteiger partial charge on any atom is 0.166 e. The highest BCUT2D eigenvalue weighted by Gasteiger charge is 2.39. The van der Waals surface area contributed by atoms with Crippen molar-refractivity contribution < 1.29 is 0 Å². The lowest BCUT2D eigenvalue weighted by atomic mass is 10.0. The van der Waals surface area contributed by atoms with Crippen molar-refractivity contribution in [3.63, 3.8) is 0 Å². The summed E-state index contributed by atoms with van der Waals surface area (Å²) in [6.07, 6.45) is 2.29. The summed E-state index contributed by atoms with van der Waals surface area (Å²) >= 11 is 1.76. The van der Waals surface area contributed by atoms with Gasteiger partial charge in [0.05, 0.1) is 16.3 Å². The summed E-state index contributed by atoms with van der Waals surface area (Å²) in [7, 11) is 0. The van der Waals surface area contributed by atoms with E-state index >= 15 is 0 Å². The fourth-order valence-electron chi connectivity index (χ4n) is 3.80. The lowest BCUT2D eigenvalue weighted by molar-refractivity contribution is 0.739. The molecule has 0 saturated heterocycles. The first-order valence-corrected chi connectivity index (χ1v) is 10.4. The van der Waals surface area contributed by atoms with E-state index in [1.165, 1.54) is 33.0 Å². The van der Waals surface area contributed by atoms with E-state index in [4.69, 9.17) is 5.73 Å². The maximum atomic E-state index is 6.90. The molecule has 0 amide bonds. The Morgan fingerprint density at radius 2 is 1.69 bits per heavy atom. The predicted octanol–water partition coefficient (Wildman–Crippen LogP) is 5.53. The molecule has 3 N–H and O–H groups in total. The third kappa shape index (κ3) is 3.45. The van der Waals surface area contributed by atoms with Crippen molar-refractivity contribution in [1.29, 1.82) is 0 Å². The number of hydrogen-bond donors (Lipinski definition) is 2. The highest BCUT2D eigenvalue weighted by atomic mass is 32.2. The Hall–Kier alpha value is -1.65. The van der Waals surface area contributed by atoms with Crippen LogP contribution in [0.5, 0.6) is 0 Å². The van der Waals surface area contributed by atoms with E-state index in [-0.39, 0.29) is 0 Å². The number of fused-ring (bicyclic) bond motifs is 1. The van der Waals surface area contributed by atoms with Gasteiger partial charge in [0, 0.05) is 18.7 Å². The quantitative estimate of drug-likeness (QED) is 0.703. The molecule has 1 unspecified atom stereocenters. The number of nitrogens with two attached hydrogens (primary N) is 1. The van der Waals surface area contributed by atoms with Crippen LogP contribution in [-0.4, -0.2) is 13.1 Å². The molecular formula is C22H31N3S. The molecule has 1 heterocycles. The number of rotatable bonds is 6. The molecule has 0 fully saturated rings. The Morgan fingerprint density at radius 3 is 2.31 bits per heavy atom. The van der Waals surface area contributed by atoms with E-state index in [0.717, 1.165) is 31.5 Å². The fraction of sp³-hybridized carbons (Fsp3) is 0.455. The third-order valence-corrected chi connectivity index (χ3v) is 6.29. The first kappa shape index (κ1) is 19.1. The first-order valence-electron chi connectivity index (χ1n) is 9.62. The molecule has 140 valence electrons. The SMILES string of the molecule is CCCN(CCC)c1ccc(C)c2c1SC(N)(c1ccc(C)cc1C)N2. The second-order valence-electron chi connectivity index (χ2n) is 7.37. The number of nitrogens with zero attached hydrogens (tertiary/aromatic N) is 1. The van der Waals surface area contributed by atoms with Crippen LogP contribution < -0.4 is 16.0 Å². The van der Waals surface area contributed by atoms with Gasteiger partial charge in [-0.2, -0.15) is 0 Å². The third-order valence-electron chi connectivity index (χ3n) is 5.03. The van der Waals surface area contributed by atoms with Gasteiger partial charge >= 0.3 is 0 Å². The second kappa shape index (κ2) is 7.53. The van der Waals surface area contributed by atoms with Crippen molar-refractivity contribution in [2.45, 2.75) is 57.4 Å². The van der Waals surface area contributed by atoms with Gasteiger partial charge in [-0.15, -0.1) is 0 Å². The van der Waals surface area contributed by atoms with Crippen molar-refractivity contribution in [2.75, 3.05) is 23.3 Å². The molecule has 4 heteroatoms. The number of anilines is 2. The summed E-state index contributed by atoms with van der Waals surface area (Å²) in [5.41, 5.74) is 14.3. The van der Waals surface area contributed by atoms with Gasteiger partial charge in [-0.25, -0.2) is 0 Å². The van der Waals surface area contributed by atoms with E-state index in [2.05, 4.69) is 75.2 Å². The lowest BCUT2D eigenvalue weighted by Gasteiger charge is -2.27. The van der Waals surface area contributed by atoms with E-state index in [0.29, 0.717) is 0 Å². The smallest absolute Gasteiger partial charge is 0.166 e. The molecule has 2 aromatic rings. The highest BCUT2D eigenvalue weighted by molar-refractivity contribution is 8.01. The van der Waals surface area contributed by atoms with E-state index in [1.807, 2.05) is 0 Å². The van der Waals surface area contributed by atoms with Gasteiger partial charge in [0.2, 0.25) is 0 Å². The number of aryl methyl sites for hydroxylation is 3. The van der Waals surface area contributed by atoms with E-state index < -0.39 is 4.99 Å². The van der Waals surface area contributed by atoms with Crippen molar-refractivity contribution in [2.24, 2.45) is 5.73 Å². The Kier molecular flexibility index (Phi) is 5.54. The van der Waals surface area contributed by atoms with E-state index in [9.17, 15) is 0 Å². The second-order valence-corrected chi connectivity index (χ2v) is 8.63. The molecule has 3 rings (SSSR count). The van der Waals surface area contributed by atoms with Crippen molar-refractivity contribution in [1.82, 2.24) is 0 Å². The number of nitrogens with one attached hydrogen (secondary N) is 1. The van der Waals surface area contributed by atoms with Crippen molar-refractivity contribution in [3.05, 3.63) is 52.6 Å². The summed E-state index contributed by atoms with van der Waals surface area (Å²) in [5.74, 6) is 0. The van der Waals surface area contributed by atoms with Gasteiger partial charge in [0.1, 0.15) is 0 Å². The van der Waals surface area contributed by atoms with Crippen LogP contribution in [0.2, 0.25) is 0 Å². The van der Waals surface area contributed by atoms with Crippen LogP contribution in [-0.2, 0) is 4.99 Å². The average molecular weight is 370 g/mol. The fourth-order valence-corrected chi connectivity index (χ4v) is 5.22. The van der Waals surface area contributed by atoms with Crippen LogP contribution in [0.1, 0.15) is 48.9 Å². The molecule has 0 radical (unpaired) electrons. The summed E-state index contributed by atoms with van der Waals surface area (Å²) in [6.45, 7) is 13.1. The Balaban J connectivity index is 2.04.